The Balaban J connectivity index is 2.57. The van der Waals surface area contributed by atoms with Crippen LogP contribution >= 0.6 is 11.6 Å². The van der Waals surface area contributed by atoms with E-state index >= 15 is 0 Å². The van der Waals surface area contributed by atoms with Crippen LogP contribution in [0, 0.1) is 11.7 Å². The average molecular weight is 215 g/mol. The second kappa shape index (κ2) is 6.02. The minimum Gasteiger partial charge on any atom is -0.207 e. The molecule has 14 heavy (non-hydrogen) atoms. The van der Waals surface area contributed by atoms with Gasteiger partial charge in [-0.2, -0.15) is 0 Å². The molecule has 0 spiro atoms. The summed E-state index contributed by atoms with van der Waals surface area (Å²) >= 11 is 5.84. The van der Waals surface area contributed by atoms with E-state index in [9.17, 15) is 4.39 Å². The predicted molar refractivity (Wildman–Crippen MR) is 59.2 cm³/mol. The van der Waals surface area contributed by atoms with Gasteiger partial charge in [-0.1, -0.05) is 25.5 Å². The SMILES string of the molecule is CCCC(CCl)Cc1cccc(F)c1. The fraction of sp³-hybridized carbons (Fsp3) is 0.500. The number of hydrogen-bond donors (Lipinski definition) is 0. The van der Waals surface area contributed by atoms with Crippen LogP contribution in [0.4, 0.5) is 4.39 Å². The second-order valence-electron chi connectivity index (χ2n) is 3.64. The Morgan fingerprint density at radius 1 is 1.43 bits per heavy atom. The standard InChI is InChI=1S/C12H16ClF/c1-2-4-11(9-13)7-10-5-3-6-12(14)8-10/h3,5-6,8,11H,2,4,7,9H2,1H3. The predicted octanol–water partition coefficient (Wildman–Crippen LogP) is 4.02. The molecule has 1 atom stereocenters. The summed E-state index contributed by atoms with van der Waals surface area (Å²) in [5.74, 6) is 0.973. The van der Waals surface area contributed by atoms with Gasteiger partial charge in [0.2, 0.25) is 0 Å². The van der Waals surface area contributed by atoms with Gasteiger partial charge in [0.15, 0.2) is 0 Å². The van der Waals surface area contributed by atoms with Crippen molar-refractivity contribution in [2.24, 2.45) is 5.92 Å². The Morgan fingerprint density at radius 3 is 2.79 bits per heavy atom. The Morgan fingerprint density at radius 2 is 2.21 bits per heavy atom. The minimum atomic E-state index is -0.160. The number of rotatable bonds is 5. The summed E-state index contributed by atoms with van der Waals surface area (Å²) in [7, 11) is 0. The molecule has 0 aliphatic heterocycles. The molecule has 1 unspecified atom stereocenters. The summed E-state index contributed by atoms with van der Waals surface area (Å²) in [6.07, 6.45) is 3.13. The third-order valence-electron chi connectivity index (χ3n) is 2.33. The summed E-state index contributed by atoms with van der Waals surface area (Å²) < 4.78 is 12.9. The van der Waals surface area contributed by atoms with Gasteiger partial charge in [-0.15, -0.1) is 11.6 Å². The van der Waals surface area contributed by atoms with E-state index in [4.69, 9.17) is 11.6 Å². The number of alkyl halides is 1. The molecular weight excluding hydrogens is 199 g/mol. The lowest BCUT2D eigenvalue weighted by Gasteiger charge is -2.12. The van der Waals surface area contributed by atoms with Gasteiger partial charge in [-0.05, 0) is 36.5 Å². The minimum absolute atomic E-state index is 0.160. The Hall–Kier alpha value is -0.560. The summed E-state index contributed by atoms with van der Waals surface area (Å²) in [6.45, 7) is 2.14. The average Bonchev–Trinajstić information content (AvgIpc) is 2.17. The first kappa shape index (κ1) is 11.5. The van der Waals surface area contributed by atoms with Crippen LogP contribution in [0.2, 0.25) is 0 Å². The van der Waals surface area contributed by atoms with Crippen LogP contribution in [-0.2, 0) is 6.42 Å². The van der Waals surface area contributed by atoms with Crippen molar-refractivity contribution in [3.05, 3.63) is 35.6 Å². The van der Waals surface area contributed by atoms with Crippen molar-refractivity contribution >= 4 is 11.6 Å². The van der Waals surface area contributed by atoms with E-state index in [-0.39, 0.29) is 5.82 Å². The summed E-state index contributed by atoms with van der Waals surface area (Å²) in [5, 5.41) is 0. The molecule has 0 amide bonds. The lowest BCUT2D eigenvalue weighted by Crippen LogP contribution is -2.06. The molecule has 0 saturated heterocycles. The molecule has 0 saturated carbocycles. The van der Waals surface area contributed by atoms with Crippen LogP contribution in [0.25, 0.3) is 0 Å². The van der Waals surface area contributed by atoms with Gasteiger partial charge in [0, 0.05) is 5.88 Å². The summed E-state index contributed by atoms with van der Waals surface area (Å²) in [6, 6.07) is 6.77. The van der Waals surface area contributed by atoms with Crippen molar-refractivity contribution < 1.29 is 4.39 Å². The molecule has 0 fully saturated rings. The molecule has 0 nitrogen and oxygen atoms in total. The fourth-order valence-electron chi connectivity index (χ4n) is 1.64. The maximum absolute atomic E-state index is 12.9. The first-order chi connectivity index (χ1) is 6.76. The molecular formula is C12H16ClF. The van der Waals surface area contributed by atoms with E-state index in [1.54, 1.807) is 12.1 Å². The highest BCUT2D eigenvalue weighted by atomic mass is 35.5. The normalized spacial score (nSPS) is 12.8. The van der Waals surface area contributed by atoms with E-state index < -0.39 is 0 Å². The van der Waals surface area contributed by atoms with Crippen molar-refractivity contribution in [3.8, 4) is 0 Å². The van der Waals surface area contributed by atoms with Crippen LogP contribution in [0.1, 0.15) is 25.3 Å². The quantitative estimate of drug-likeness (QED) is 0.650. The fourth-order valence-corrected chi connectivity index (χ4v) is 1.90. The zero-order valence-electron chi connectivity index (χ0n) is 8.47. The highest BCUT2D eigenvalue weighted by molar-refractivity contribution is 6.18. The molecule has 1 aromatic rings. The first-order valence-electron chi connectivity index (χ1n) is 5.06. The smallest absolute Gasteiger partial charge is 0.123 e. The number of halogens is 2. The van der Waals surface area contributed by atoms with Crippen LogP contribution < -0.4 is 0 Å². The molecule has 0 aromatic heterocycles. The lowest BCUT2D eigenvalue weighted by atomic mass is 9.97. The van der Waals surface area contributed by atoms with Gasteiger partial charge in [0.25, 0.3) is 0 Å². The van der Waals surface area contributed by atoms with E-state index in [2.05, 4.69) is 6.92 Å². The van der Waals surface area contributed by atoms with E-state index in [0.717, 1.165) is 24.8 Å². The first-order valence-corrected chi connectivity index (χ1v) is 5.60. The molecule has 0 aliphatic rings. The van der Waals surface area contributed by atoms with Crippen molar-refractivity contribution in [2.75, 3.05) is 5.88 Å². The van der Waals surface area contributed by atoms with Gasteiger partial charge in [0.05, 0.1) is 0 Å². The summed E-state index contributed by atoms with van der Waals surface area (Å²) in [5.41, 5.74) is 1.05. The maximum Gasteiger partial charge on any atom is 0.123 e. The van der Waals surface area contributed by atoms with Crippen molar-refractivity contribution in [1.29, 1.82) is 0 Å². The van der Waals surface area contributed by atoms with Crippen LogP contribution in [0.15, 0.2) is 24.3 Å². The highest BCUT2D eigenvalue weighted by Gasteiger charge is 2.07. The van der Waals surface area contributed by atoms with Gasteiger partial charge < -0.3 is 0 Å². The third-order valence-corrected chi connectivity index (χ3v) is 2.76. The third kappa shape index (κ3) is 3.67. The molecule has 0 heterocycles. The Kier molecular flexibility index (Phi) is 4.95. The summed E-state index contributed by atoms with van der Waals surface area (Å²) in [4.78, 5) is 0. The van der Waals surface area contributed by atoms with Crippen molar-refractivity contribution in [3.63, 3.8) is 0 Å². The van der Waals surface area contributed by atoms with Crippen LogP contribution in [-0.4, -0.2) is 5.88 Å². The second-order valence-corrected chi connectivity index (χ2v) is 3.95. The molecule has 1 rings (SSSR count). The monoisotopic (exact) mass is 214 g/mol. The van der Waals surface area contributed by atoms with Gasteiger partial charge in [-0.3, -0.25) is 0 Å². The molecule has 0 radical (unpaired) electrons. The largest absolute Gasteiger partial charge is 0.207 e. The lowest BCUT2D eigenvalue weighted by molar-refractivity contribution is 0.526. The molecule has 1 aromatic carbocycles. The number of hydrogen-bond acceptors (Lipinski definition) is 0. The van der Waals surface area contributed by atoms with Gasteiger partial charge >= 0.3 is 0 Å². The molecule has 0 bridgehead atoms. The van der Waals surface area contributed by atoms with Gasteiger partial charge in [-0.25, -0.2) is 4.39 Å². The Labute approximate surface area is 90.1 Å². The zero-order chi connectivity index (χ0) is 10.4. The molecule has 2 heteroatoms. The molecule has 0 aliphatic carbocycles. The van der Waals surface area contributed by atoms with E-state index in [1.165, 1.54) is 6.07 Å². The van der Waals surface area contributed by atoms with Crippen molar-refractivity contribution in [1.82, 2.24) is 0 Å². The van der Waals surface area contributed by atoms with E-state index in [1.807, 2.05) is 6.07 Å². The zero-order valence-corrected chi connectivity index (χ0v) is 9.23. The molecule has 0 N–H and O–H groups in total. The van der Waals surface area contributed by atoms with Crippen molar-refractivity contribution in [2.45, 2.75) is 26.2 Å². The maximum atomic E-state index is 12.9. The van der Waals surface area contributed by atoms with Crippen LogP contribution in [0.5, 0.6) is 0 Å². The molecule has 78 valence electrons. The highest BCUT2D eigenvalue weighted by Crippen LogP contribution is 2.16. The van der Waals surface area contributed by atoms with E-state index in [0.29, 0.717) is 11.8 Å². The number of benzene rings is 1. The Bertz CT molecular complexity index is 273. The van der Waals surface area contributed by atoms with Crippen LogP contribution in [0.3, 0.4) is 0 Å². The van der Waals surface area contributed by atoms with Gasteiger partial charge in [0.1, 0.15) is 5.82 Å². The topological polar surface area (TPSA) is 0 Å².